The van der Waals surface area contributed by atoms with Crippen molar-refractivity contribution in [1.82, 2.24) is 13.5 Å². The Morgan fingerprint density at radius 3 is 1.48 bits per heavy atom. The Hall–Kier alpha value is -8.40. The Morgan fingerprint density at radius 2 is 0.828 bits per heavy atom. The summed E-state index contributed by atoms with van der Waals surface area (Å²) in [6.07, 6.45) is 0. The van der Waals surface area contributed by atoms with Crippen LogP contribution in [0.15, 0.2) is 218 Å². The van der Waals surface area contributed by atoms with Crippen LogP contribution >= 0.6 is 0 Å². The first-order chi connectivity index (χ1) is 39.2. The monoisotopic (exact) mass is 831 g/mol. The quantitative estimate of drug-likeness (QED) is 0.164. The molecule has 0 spiro atoms. The number of rotatable bonds is 5. The summed E-state index contributed by atoms with van der Waals surface area (Å²) in [5, 5.41) is -1.17. The molecule has 0 saturated heterocycles. The third kappa shape index (κ3) is 4.98. The maximum atomic E-state index is 10.2. The van der Waals surface area contributed by atoms with E-state index in [1.54, 1.807) is 24.3 Å². The van der Waals surface area contributed by atoms with E-state index in [1.807, 2.05) is 84.9 Å². The first-order valence-electron chi connectivity index (χ1n) is 29.7. The number of hydrogen-bond acceptors (Lipinski definition) is 0. The van der Waals surface area contributed by atoms with E-state index in [4.69, 9.17) is 1.37 Å². The van der Waals surface area contributed by atoms with Crippen LogP contribution in [0.2, 0.25) is 0 Å². The molecule has 14 rings (SSSR count). The number of fused-ring (bicyclic) bond motifs is 8. The Morgan fingerprint density at radius 1 is 0.328 bits per heavy atom. The second-order valence-corrected chi connectivity index (χ2v) is 15.9. The van der Waals surface area contributed by atoms with Crippen molar-refractivity contribution in [2.75, 3.05) is 0 Å². The molecule has 0 N–H and O–H groups in total. The molecule has 10 aromatic carbocycles. The molecule has 14 aromatic rings. The fourth-order valence-electron chi connectivity index (χ4n) is 9.46. The Balaban J connectivity index is 1.15. The fraction of sp³-hybridized carbons (Fsp3) is 0.0164. The van der Waals surface area contributed by atoms with Crippen molar-refractivity contribution < 1.29 is 24.7 Å². The smallest absolute Gasteiger partial charge is 0.0648 e. The molecule has 0 radical (unpaired) electrons. The van der Waals surface area contributed by atoms with Crippen molar-refractivity contribution in [2.24, 2.45) is 0 Å². The van der Waals surface area contributed by atoms with E-state index in [-0.39, 0.29) is 105 Å². The van der Waals surface area contributed by atoms with E-state index in [0.717, 1.165) is 22.3 Å². The molecular weight excluding hydrogens is 775 g/mol. The van der Waals surface area contributed by atoms with Crippen LogP contribution in [-0.2, 0) is 0 Å². The van der Waals surface area contributed by atoms with Crippen LogP contribution in [0.5, 0.6) is 0 Å². The average Bonchev–Trinajstić information content (AvgIpc) is 1.59. The molecule has 0 unspecified atom stereocenters. The van der Waals surface area contributed by atoms with E-state index in [1.165, 1.54) is 20.5 Å². The molecule has 298 valence electrons. The Bertz CT molecular complexity index is 5220. The van der Waals surface area contributed by atoms with Gasteiger partial charge in [0.1, 0.15) is 0 Å². The van der Waals surface area contributed by atoms with Gasteiger partial charge in [-0.05, 0) is 124 Å². The molecule has 0 atom stereocenters. The predicted molar refractivity (Wildman–Crippen MR) is 271 cm³/mol. The van der Waals surface area contributed by atoms with Crippen molar-refractivity contribution in [1.29, 1.82) is 0 Å². The average molecular weight is 832 g/mol. The first kappa shape index (κ1) is 22.1. The van der Waals surface area contributed by atoms with Crippen LogP contribution in [0.4, 0.5) is 0 Å². The van der Waals surface area contributed by atoms with E-state index >= 15 is 0 Å². The van der Waals surface area contributed by atoms with Gasteiger partial charge in [0.05, 0.1) is 63.3 Å². The molecule has 4 aromatic heterocycles. The van der Waals surface area contributed by atoms with E-state index in [0.29, 0.717) is 11.4 Å². The Labute approximate surface area is 394 Å². The lowest BCUT2D eigenvalue weighted by atomic mass is 9.99. The highest BCUT2D eigenvalue weighted by molar-refractivity contribution is 6.31. The summed E-state index contributed by atoms with van der Waals surface area (Å²) >= 11 is 0. The highest BCUT2D eigenvalue weighted by Gasteiger charge is 2.22. The van der Waals surface area contributed by atoms with Crippen molar-refractivity contribution in [3.05, 3.63) is 224 Å². The largest absolute Gasteiger partial charge is 0.309 e. The van der Waals surface area contributed by atoms with Crippen molar-refractivity contribution in [2.45, 2.75) is 6.92 Å². The molecule has 0 aliphatic carbocycles. The second kappa shape index (κ2) is 13.3. The van der Waals surface area contributed by atoms with Gasteiger partial charge in [0, 0.05) is 49.1 Å². The molecule has 0 aliphatic heterocycles. The van der Waals surface area contributed by atoms with Crippen LogP contribution in [0.3, 0.4) is 0 Å². The van der Waals surface area contributed by atoms with Gasteiger partial charge in [0.15, 0.2) is 0 Å². The number of benzene rings is 10. The summed E-state index contributed by atoms with van der Waals surface area (Å²) in [5.74, 6) is 0. The van der Waals surface area contributed by atoms with Crippen LogP contribution in [0, 0.1) is 6.92 Å². The molecular formula is C61H39N3. The highest BCUT2D eigenvalue weighted by atomic mass is 15.0. The van der Waals surface area contributed by atoms with Crippen molar-refractivity contribution >= 4 is 81.7 Å². The number of hydrogen-bond donors (Lipinski definition) is 0. The standard InChI is InChI=1S/C61H39N3/c1-38-21-32-47-51-36-43(26-33-53(51)62(58(47)35-38)45-28-22-41(23-29-45)39-11-4-2-5-12-39)44-27-34-54-52(37-44)50-17-8-16-49-48-15-9-18-55-59(48)60-56(19-10-20-57(60)64(54)61(49)50)63(55)46-30-24-42(25-31-46)40-13-6-3-7-14-40/h2-37H,1H3/i8D,9D,10D,15D,16D,17D,18D,19D,20D,21D,26D,27D,32D,33D,34D,35D,36D,37D. The third-order valence-electron chi connectivity index (χ3n) is 12.3. The van der Waals surface area contributed by atoms with Crippen molar-refractivity contribution in [3.63, 3.8) is 0 Å². The van der Waals surface area contributed by atoms with Gasteiger partial charge in [0.2, 0.25) is 0 Å². The van der Waals surface area contributed by atoms with Gasteiger partial charge in [0.25, 0.3) is 0 Å². The molecule has 0 bridgehead atoms. The SMILES string of the molecule is [2H]c1c(C)c([2H])c2c(c1[2H])c1c([2H])c(-c3c([2H])c([2H])c4c(c3[2H])c3c([2H])c([2H])c([2H])c5c6c([2H])c([2H])c([2H])c7c6c6c(c([2H])c([2H])c([2H])c6n4c53)n7-c3ccc(-c4ccccc4)cc3)c([2H])c([2H])c1n2-c1ccc(-c2ccccc2)cc1. The molecule has 0 aliphatic rings. The predicted octanol–water partition coefficient (Wildman–Crippen LogP) is 16.3. The summed E-state index contributed by atoms with van der Waals surface area (Å²) in [4.78, 5) is 0. The summed E-state index contributed by atoms with van der Waals surface area (Å²) < 4.78 is 178. The van der Waals surface area contributed by atoms with Gasteiger partial charge in [-0.2, -0.15) is 0 Å². The molecule has 0 fully saturated rings. The van der Waals surface area contributed by atoms with E-state index in [2.05, 4.69) is 0 Å². The van der Waals surface area contributed by atoms with E-state index < -0.39 is 102 Å². The van der Waals surface area contributed by atoms with Gasteiger partial charge in [-0.3, -0.25) is 0 Å². The van der Waals surface area contributed by atoms with Gasteiger partial charge in [-0.25, -0.2) is 0 Å². The van der Waals surface area contributed by atoms with Crippen LogP contribution in [0.1, 0.15) is 30.2 Å². The van der Waals surface area contributed by atoms with E-state index in [9.17, 15) is 23.3 Å². The lowest BCUT2D eigenvalue weighted by molar-refractivity contribution is 1.18. The van der Waals surface area contributed by atoms with Crippen LogP contribution in [0.25, 0.3) is 126 Å². The van der Waals surface area contributed by atoms with Crippen molar-refractivity contribution in [3.8, 4) is 44.8 Å². The molecule has 0 saturated carbocycles. The molecule has 4 heterocycles. The Kier molecular flexibility index (Phi) is 4.59. The zero-order valence-electron chi connectivity index (χ0n) is 51.7. The van der Waals surface area contributed by atoms with Crippen LogP contribution in [-0.4, -0.2) is 13.5 Å². The van der Waals surface area contributed by atoms with Gasteiger partial charge < -0.3 is 13.5 Å². The molecule has 64 heavy (non-hydrogen) atoms. The number of nitrogens with zero attached hydrogens (tertiary/aromatic N) is 3. The normalized spacial score (nSPS) is 16.1. The topological polar surface area (TPSA) is 14.3 Å². The first-order valence-corrected chi connectivity index (χ1v) is 20.7. The lowest BCUT2D eigenvalue weighted by Gasteiger charge is -2.10. The lowest BCUT2D eigenvalue weighted by Crippen LogP contribution is -1.94. The second-order valence-electron chi connectivity index (χ2n) is 15.9. The fourth-order valence-corrected chi connectivity index (χ4v) is 9.46. The zero-order valence-corrected chi connectivity index (χ0v) is 33.7. The highest BCUT2D eigenvalue weighted by Crippen LogP contribution is 2.45. The van der Waals surface area contributed by atoms with Gasteiger partial charge in [-0.1, -0.05) is 145 Å². The summed E-state index contributed by atoms with van der Waals surface area (Å²) in [6.45, 7) is 1.52. The minimum Gasteiger partial charge on any atom is -0.309 e. The van der Waals surface area contributed by atoms with Gasteiger partial charge >= 0.3 is 0 Å². The summed E-state index contributed by atoms with van der Waals surface area (Å²) in [7, 11) is 0. The van der Waals surface area contributed by atoms with Crippen LogP contribution < -0.4 is 0 Å². The third-order valence-corrected chi connectivity index (χ3v) is 12.3. The number of aromatic nitrogens is 3. The minimum absolute atomic E-state index is 0.000352. The zero-order chi connectivity index (χ0) is 57.7. The molecule has 3 nitrogen and oxygen atoms in total. The molecule has 0 amide bonds. The summed E-state index contributed by atoms with van der Waals surface area (Å²) in [6, 6.07) is 23.3. The van der Waals surface area contributed by atoms with Gasteiger partial charge in [-0.15, -0.1) is 0 Å². The maximum Gasteiger partial charge on any atom is 0.0648 e. The molecule has 3 heteroatoms. The maximum absolute atomic E-state index is 10.2. The number of para-hydroxylation sites is 1. The summed E-state index contributed by atoms with van der Waals surface area (Å²) in [5.41, 5.74) is 2.62. The minimum atomic E-state index is -0.760.